The number of hydrogen-bond acceptors (Lipinski definition) is 4. The molecule has 1 aromatic heterocycles. The first-order valence-electron chi connectivity index (χ1n) is 10.0. The van der Waals surface area contributed by atoms with Crippen LogP contribution in [0.2, 0.25) is 0 Å². The van der Waals surface area contributed by atoms with Gasteiger partial charge in [-0.15, -0.1) is 0 Å². The number of carbonyl (C=O) groups is 1. The monoisotopic (exact) mass is 459 g/mol. The zero-order valence-corrected chi connectivity index (χ0v) is 18.6. The van der Waals surface area contributed by atoms with Crippen LogP contribution in [-0.4, -0.2) is 33.1 Å². The molecule has 0 saturated heterocycles. The minimum Gasteiger partial charge on any atom is -0.444 e. The van der Waals surface area contributed by atoms with E-state index in [0.29, 0.717) is 18.5 Å². The Morgan fingerprint density at radius 3 is 2.72 bits per heavy atom. The van der Waals surface area contributed by atoms with Crippen molar-refractivity contribution in [2.45, 2.75) is 64.0 Å². The second kappa shape index (κ2) is 7.27. The number of amides is 1. The van der Waals surface area contributed by atoms with E-state index in [-0.39, 0.29) is 23.6 Å². The van der Waals surface area contributed by atoms with Gasteiger partial charge in [-0.05, 0) is 64.2 Å². The average molecular weight is 460 g/mol. The molecule has 154 valence electrons. The number of rotatable bonds is 2. The highest BCUT2D eigenvalue weighted by molar-refractivity contribution is 9.10. The molecule has 7 heteroatoms. The number of aryl methyl sites for hydroxylation is 1. The fourth-order valence-electron chi connectivity index (χ4n) is 3.90. The van der Waals surface area contributed by atoms with Crippen LogP contribution in [0.5, 0.6) is 0 Å². The second-order valence-corrected chi connectivity index (χ2v) is 9.85. The number of aromatic amines is 1. The summed E-state index contributed by atoms with van der Waals surface area (Å²) in [6, 6.07) is 8.20. The molecule has 1 saturated carbocycles. The molecule has 1 fully saturated rings. The molecule has 0 radical (unpaired) electrons. The number of nitrogens with zero attached hydrogens (tertiary/aromatic N) is 2. The van der Waals surface area contributed by atoms with Gasteiger partial charge in [0.1, 0.15) is 11.4 Å². The minimum atomic E-state index is -0.566. The molecule has 0 bridgehead atoms. The molecule has 29 heavy (non-hydrogen) atoms. The standard InChI is InChI=1S/C22H26BrN3O3/c1-21(2,3)29-20(28)26-11-5-8-17-16(13-26)18(27)25-19(24-17)22(9-10-22)14-6-4-7-15(23)12-14/h4,6-7,12H,5,8-11,13H2,1-3H3,(H,24,25,27). The predicted octanol–water partition coefficient (Wildman–Crippen LogP) is 4.30. The summed E-state index contributed by atoms with van der Waals surface area (Å²) in [7, 11) is 0. The molecule has 2 aromatic rings. The van der Waals surface area contributed by atoms with Crippen molar-refractivity contribution >= 4 is 22.0 Å². The van der Waals surface area contributed by atoms with Gasteiger partial charge < -0.3 is 14.6 Å². The summed E-state index contributed by atoms with van der Waals surface area (Å²) >= 11 is 3.54. The number of ether oxygens (including phenoxy) is 1. The highest BCUT2D eigenvalue weighted by atomic mass is 79.9. The van der Waals surface area contributed by atoms with Crippen molar-refractivity contribution in [1.82, 2.24) is 14.9 Å². The highest BCUT2D eigenvalue weighted by Crippen LogP contribution is 2.52. The maximum absolute atomic E-state index is 13.0. The van der Waals surface area contributed by atoms with Crippen LogP contribution in [0.1, 0.15) is 62.7 Å². The number of fused-ring (bicyclic) bond motifs is 1. The van der Waals surface area contributed by atoms with Gasteiger partial charge in [-0.25, -0.2) is 9.78 Å². The van der Waals surface area contributed by atoms with E-state index in [1.165, 1.54) is 5.56 Å². The van der Waals surface area contributed by atoms with Gasteiger partial charge in [0.05, 0.1) is 23.2 Å². The third kappa shape index (κ3) is 4.10. The summed E-state index contributed by atoms with van der Waals surface area (Å²) < 4.78 is 6.51. The van der Waals surface area contributed by atoms with Crippen LogP contribution in [0.3, 0.4) is 0 Å². The third-order valence-electron chi connectivity index (χ3n) is 5.52. The van der Waals surface area contributed by atoms with Crippen molar-refractivity contribution in [2.75, 3.05) is 6.54 Å². The Bertz CT molecular complexity index is 1010. The fraction of sp³-hybridized carbons (Fsp3) is 0.500. The van der Waals surface area contributed by atoms with Crippen molar-refractivity contribution in [3.05, 3.63) is 61.7 Å². The topological polar surface area (TPSA) is 75.3 Å². The second-order valence-electron chi connectivity index (χ2n) is 8.94. The Labute approximate surface area is 178 Å². The van der Waals surface area contributed by atoms with Gasteiger partial charge in [-0.3, -0.25) is 4.79 Å². The summed E-state index contributed by atoms with van der Waals surface area (Å²) in [4.78, 5) is 35.0. The van der Waals surface area contributed by atoms with Gasteiger partial charge in [0.25, 0.3) is 5.56 Å². The number of halogens is 1. The Hall–Kier alpha value is -2.15. The summed E-state index contributed by atoms with van der Waals surface area (Å²) in [6.45, 7) is 6.31. The Kier molecular flexibility index (Phi) is 5.05. The van der Waals surface area contributed by atoms with Gasteiger partial charge in [0.2, 0.25) is 0 Å². The van der Waals surface area contributed by atoms with Crippen molar-refractivity contribution in [2.24, 2.45) is 0 Å². The Morgan fingerprint density at radius 2 is 2.07 bits per heavy atom. The smallest absolute Gasteiger partial charge is 0.410 e. The van der Waals surface area contributed by atoms with E-state index in [4.69, 9.17) is 9.72 Å². The number of carbonyl (C=O) groups excluding carboxylic acids is 1. The van der Waals surface area contributed by atoms with Gasteiger partial charge in [-0.1, -0.05) is 28.1 Å². The highest BCUT2D eigenvalue weighted by Gasteiger charge is 2.48. The van der Waals surface area contributed by atoms with Crippen LogP contribution in [0, 0.1) is 0 Å². The van der Waals surface area contributed by atoms with Crippen LogP contribution in [-0.2, 0) is 23.1 Å². The first-order valence-corrected chi connectivity index (χ1v) is 10.8. The van der Waals surface area contributed by atoms with Crippen molar-refractivity contribution < 1.29 is 9.53 Å². The zero-order chi connectivity index (χ0) is 20.8. The third-order valence-corrected chi connectivity index (χ3v) is 6.02. The van der Waals surface area contributed by atoms with Gasteiger partial charge in [0, 0.05) is 11.0 Å². The molecule has 1 aromatic carbocycles. The molecule has 0 atom stereocenters. The van der Waals surface area contributed by atoms with E-state index >= 15 is 0 Å². The molecule has 4 rings (SSSR count). The van der Waals surface area contributed by atoms with Crippen LogP contribution in [0.25, 0.3) is 0 Å². The molecular weight excluding hydrogens is 434 g/mol. The van der Waals surface area contributed by atoms with Gasteiger partial charge >= 0.3 is 6.09 Å². The molecule has 1 N–H and O–H groups in total. The molecule has 1 amide bonds. The molecule has 2 heterocycles. The van der Waals surface area contributed by atoms with Crippen molar-refractivity contribution in [3.8, 4) is 0 Å². The summed E-state index contributed by atoms with van der Waals surface area (Å²) in [5, 5.41) is 0. The van der Waals surface area contributed by atoms with Crippen molar-refractivity contribution in [3.63, 3.8) is 0 Å². The molecule has 0 unspecified atom stereocenters. The molecule has 1 aliphatic heterocycles. The van der Waals surface area contributed by atoms with Gasteiger partial charge in [0.15, 0.2) is 0 Å². The summed E-state index contributed by atoms with van der Waals surface area (Å²) in [5.41, 5.74) is 1.61. The first-order chi connectivity index (χ1) is 13.7. The Morgan fingerprint density at radius 1 is 1.31 bits per heavy atom. The number of nitrogens with one attached hydrogen (secondary N) is 1. The van der Waals surface area contributed by atoms with E-state index in [9.17, 15) is 9.59 Å². The van der Waals surface area contributed by atoms with Crippen molar-refractivity contribution in [1.29, 1.82) is 0 Å². The van der Waals surface area contributed by atoms with E-state index in [2.05, 4.69) is 33.0 Å². The lowest BCUT2D eigenvalue weighted by Crippen LogP contribution is -2.37. The van der Waals surface area contributed by atoms with E-state index in [1.54, 1.807) is 4.90 Å². The number of aromatic nitrogens is 2. The van der Waals surface area contributed by atoms with Crippen LogP contribution in [0.15, 0.2) is 33.5 Å². The quantitative estimate of drug-likeness (QED) is 0.726. The molecule has 0 spiro atoms. The normalized spacial score (nSPS) is 18.0. The lowest BCUT2D eigenvalue weighted by Gasteiger charge is -2.26. The maximum atomic E-state index is 13.0. The lowest BCUT2D eigenvalue weighted by molar-refractivity contribution is 0.0236. The Balaban J connectivity index is 1.65. The van der Waals surface area contributed by atoms with E-state index in [1.807, 2.05) is 32.9 Å². The average Bonchev–Trinajstić information content (AvgIpc) is 3.44. The number of hydrogen-bond donors (Lipinski definition) is 1. The molecular formula is C22H26BrN3O3. The van der Waals surface area contributed by atoms with E-state index in [0.717, 1.165) is 35.3 Å². The van der Waals surface area contributed by atoms with Gasteiger partial charge in [-0.2, -0.15) is 0 Å². The van der Waals surface area contributed by atoms with Crippen LogP contribution < -0.4 is 5.56 Å². The minimum absolute atomic E-state index is 0.151. The summed E-state index contributed by atoms with van der Waals surface area (Å²) in [6.07, 6.45) is 2.98. The maximum Gasteiger partial charge on any atom is 0.410 e. The predicted molar refractivity (Wildman–Crippen MR) is 114 cm³/mol. The summed E-state index contributed by atoms with van der Waals surface area (Å²) in [5.74, 6) is 0.741. The molecule has 6 nitrogen and oxygen atoms in total. The lowest BCUT2D eigenvalue weighted by atomic mass is 9.94. The fourth-order valence-corrected chi connectivity index (χ4v) is 4.30. The number of H-pyrrole nitrogens is 1. The largest absolute Gasteiger partial charge is 0.444 e. The van der Waals surface area contributed by atoms with Crippen LogP contribution in [0.4, 0.5) is 4.79 Å². The molecule has 1 aliphatic carbocycles. The van der Waals surface area contributed by atoms with E-state index < -0.39 is 5.60 Å². The molecule has 2 aliphatic rings. The SMILES string of the molecule is CC(C)(C)OC(=O)N1CCCc2nc(C3(c4cccc(Br)c4)CC3)[nH]c(=O)c2C1. The number of benzene rings is 1. The van der Waals surface area contributed by atoms with Crippen LogP contribution >= 0.6 is 15.9 Å². The zero-order valence-electron chi connectivity index (χ0n) is 17.0. The first kappa shape index (κ1) is 20.1.